The number of urea groups is 1. The number of ether oxygens (including phenoxy) is 1. The lowest BCUT2D eigenvalue weighted by atomic mass is 9.87. The minimum Gasteiger partial charge on any atom is -0.494 e. The second kappa shape index (κ2) is 7.62. The van der Waals surface area contributed by atoms with E-state index in [9.17, 15) is 4.79 Å². The third kappa shape index (κ3) is 5.61. The molecule has 0 aliphatic rings. The summed E-state index contributed by atoms with van der Waals surface area (Å²) in [5.74, 6) is 1.15. The Morgan fingerprint density at radius 3 is 2.61 bits per heavy atom. The third-order valence-corrected chi connectivity index (χ3v) is 3.24. The fourth-order valence-corrected chi connectivity index (χ4v) is 1.93. The molecular weight excluding hydrogens is 294 g/mol. The van der Waals surface area contributed by atoms with E-state index < -0.39 is 0 Å². The van der Waals surface area contributed by atoms with E-state index >= 15 is 0 Å². The Labute approximate surface area is 135 Å². The summed E-state index contributed by atoms with van der Waals surface area (Å²) in [6.45, 7) is 7.59. The largest absolute Gasteiger partial charge is 0.494 e. The number of nitrogens with zero attached hydrogens (tertiary/aromatic N) is 2. The van der Waals surface area contributed by atoms with Crippen LogP contribution in [0.25, 0.3) is 0 Å². The quantitative estimate of drug-likeness (QED) is 0.714. The molecular formula is C16H23N5O2. The number of hydrogen-bond donors (Lipinski definition) is 3. The van der Waals surface area contributed by atoms with E-state index in [1.165, 1.54) is 11.9 Å². The average molecular weight is 317 g/mol. The average Bonchev–Trinajstić information content (AvgIpc) is 2.99. The summed E-state index contributed by atoms with van der Waals surface area (Å²) >= 11 is 0. The van der Waals surface area contributed by atoms with Crippen LogP contribution in [0.2, 0.25) is 0 Å². The number of benzene rings is 1. The molecule has 3 N–H and O–H groups in total. The molecule has 0 aliphatic carbocycles. The van der Waals surface area contributed by atoms with E-state index in [4.69, 9.17) is 4.74 Å². The Morgan fingerprint density at radius 2 is 2.00 bits per heavy atom. The summed E-state index contributed by atoms with van der Waals surface area (Å²) in [6.07, 6.45) is 2.04. The number of carbonyl (C=O) groups excluding carboxylic acids is 1. The lowest BCUT2D eigenvalue weighted by Crippen LogP contribution is -2.30. The molecule has 0 atom stereocenters. The second-order valence-corrected chi connectivity index (χ2v) is 6.19. The van der Waals surface area contributed by atoms with Gasteiger partial charge in [-0.1, -0.05) is 32.9 Å². The molecule has 2 amide bonds. The maximum atomic E-state index is 11.5. The highest BCUT2D eigenvalue weighted by Crippen LogP contribution is 2.24. The Hall–Kier alpha value is -2.57. The molecule has 23 heavy (non-hydrogen) atoms. The van der Waals surface area contributed by atoms with Gasteiger partial charge in [-0.15, -0.1) is 0 Å². The first kappa shape index (κ1) is 16.8. The summed E-state index contributed by atoms with van der Waals surface area (Å²) in [4.78, 5) is 15.3. The third-order valence-electron chi connectivity index (χ3n) is 3.24. The molecule has 0 unspecified atom stereocenters. The normalized spacial score (nSPS) is 11.1. The smallest absolute Gasteiger partial charge is 0.321 e. The number of H-pyrrole nitrogens is 1. The van der Waals surface area contributed by atoms with Gasteiger partial charge in [0.15, 0.2) is 0 Å². The highest BCUT2D eigenvalue weighted by molar-refractivity contribution is 5.87. The van der Waals surface area contributed by atoms with E-state index in [2.05, 4.69) is 58.7 Å². The molecule has 0 radical (unpaired) electrons. The number of aromatic amines is 1. The number of nitrogens with one attached hydrogen (secondary N) is 3. The fourth-order valence-electron chi connectivity index (χ4n) is 1.93. The first-order chi connectivity index (χ1) is 10.9. The van der Waals surface area contributed by atoms with Gasteiger partial charge in [0.25, 0.3) is 0 Å². The summed E-state index contributed by atoms with van der Waals surface area (Å²) in [7, 11) is 0. The van der Waals surface area contributed by atoms with Gasteiger partial charge in [-0.05, 0) is 29.5 Å². The lowest BCUT2D eigenvalue weighted by molar-refractivity contribution is 0.250. The monoisotopic (exact) mass is 317 g/mol. The van der Waals surface area contributed by atoms with Crippen molar-refractivity contribution in [2.24, 2.45) is 0 Å². The zero-order valence-corrected chi connectivity index (χ0v) is 13.7. The van der Waals surface area contributed by atoms with Crippen LogP contribution in [0.3, 0.4) is 0 Å². The highest BCUT2D eigenvalue weighted by atomic mass is 16.5. The molecule has 7 heteroatoms. The van der Waals surface area contributed by atoms with Crippen molar-refractivity contribution in [3.05, 3.63) is 36.2 Å². The highest BCUT2D eigenvalue weighted by Gasteiger charge is 2.12. The molecule has 0 fully saturated rings. The van der Waals surface area contributed by atoms with Crippen LogP contribution in [-0.2, 0) is 5.41 Å². The number of amides is 2. The second-order valence-electron chi connectivity index (χ2n) is 6.19. The minimum atomic E-state index is -0.323. The number of aromatic nitrogens is 3. The van der Waals surface area contributed by atoms with Gasteiger partial charge in [-0.3, -0.25) is 5.32 Å². The van der Waals surface area contributed by atoms with Crippen LogP contribution in [0.1, 0.15) is 32.8 Å². The van der Waals surface area contributed by atoms with Crippen molar-refractivity contribution >= 4 is 12.0 Å². The lowest BCUT2D eigenvalue weighted by Gasteiger charge is -2.19. The van der Waals surface area contributed by atoms with Crippen LogP contribution in [0.4, 0.5) is 10.7 Å². The van der Waals surface area contributed by atoms with Crippen molar-refractivity contribution in [1.29, 1.82) is 0 Å². The van der Waals surface area contributed by atoms with Crippen molar-refractivity contribution in [1.82, 2.24) is 20.5 Å². The van der Waals surface area contributed by atoms with Crippen molar-refractivity contribution in [2.75, 3.05) is 18.5 Å². The molecule has 0 saturated heterocycles. The molecule has 1 aromatic heterocycles. The zero-order valence-electron chi connectivity index (χ0n) is 13.7. The Morgan fingerprint density at radius 1 is 1.26 bits per heavy atom. The van der Waals surface area contributed by atoms with Gasteiger partial charge in [-0.2, -0.15) is 10.1 Å². The molecule has 0 aliphatic heterocycles. The van der Waals surface area contributed by atoms with Gasteiger partial charge in [0.1, 0.15) is 12.1 Å². The van der Waals surface area contributed by atoms with Gasteiger partial charge >= 0.3 is 6.03 Å². The van der Waals surface area contributed by atoms with E-state index in [0.29, 0.717) is 25.5 Å². The van der Waals surface area contributed by atoms with Gasteiger partial charge in [0.2, 0.25) is 5.95 Å². The first-order valence-corrected chi connectivity index (χ1v) is 7.59. The van der Waals surface area contributed by atoms with Crippen molar-refractivity contribution in [3.63, 3.8) is 0 Å². The molecule has 7 nitrogen and oxygen atoms in total. The minimum absolute atomic E-state index is 0.138. The molecule has 0 bridgehead atoms. The standard InChI is InChI=1S/C16H23N5O2/c1-16(2,3)12-5-7-13(8-6-12)23-10-4-9-17-15(22)20-14-18-11-19-21-14/h5-8,11H,4,9-10H2,1-3H3,(H3,17,18,19,20,21,22). The Bertz CT molecular complexity index is 602. The van der Waals surface area contributed by atoms with Crippen LogP contribution in [-0.4, -0.2) is 34.4 Å². The number of carbonyl (C=O) groups is 1. The number of anilines is 1. The van der Waals surface area contributed by atoms with Gasteiger partial charge < -0.3 is 10.1 Å². The van der Waals surface area contributed by atoms with Gasteiger partial charge in [0.05, 0.1) is 6.61 Å². The molecule has 0 spiro atoms. The predicted octanol–water partition coefficient (Wildman–Crippen LogP) is 2.69. The van der Waals surface area contributed by atoms with Crippen LogP contribution >= 0.6 is 0 Å². The van der Waals surface area contributed by atoms with Crippen molar-refractivity contribution in [2.45, 2.75) is 32.6 Å². The van der Waals surface area contributed by atoms with Gasteiger partial charge in [0, 0.05) is 6.54 Å². The zero-order chi connectivity index (χ0) is 16.7. The predicted molar refractivity (Wildman–Crippen MR) is 88.7 cm³/mol. The molecule has 0 saturated carbocycles. The number of hydrogen-bond acceptors (Lipinski definition) is 4. The molecule has 124 valence electrons. The summed E-state index contributed by atoms with van der Waals surface area (Å²) in [5.41, 5.74) is 1.41. The van der Waals surface area contributed by atoms with E-state index in [-0.39, 0.29) is 11.4 Å². The maximum absolute atomic E-state index is 11.5. The van der Waals surface area contributed by atoms with E-state index in [1.54, 1.807) is 0 Å². The summed E-state index contributed by atoms with van der Waals surface area (Å²) < 4.78 is 5.66. The van der Waals surface area contributed by atoms with E-state index in [1.807, 2.05) is 12.1 Å². The molecule has 2 rings (SSSR count). The SMILES string of the molecule is CC(C)(C)c1ccc(OCCCNC(=O)Nc2ncn[nH]2)cc1. The molecule has 2 aromatic rings. The topological polar surface area (TPSA) is 91.9 Å². The number of rotatable bonds is 6. The molecule has 1 heterocycles. The summed E-state index contributed by atoms with van der Waals surface area (Å²) in [5, 5.41) is 11.4. The fraction of sp³-hybridized carbons (Fsp3) is 0.438. The van der Waals surface area contributed by atoms with Crippen molar-refractivity contribution in [3.8, 4) is 5.75 Å². The first-order valence-electron chi connectivity index (χ1n) is 7.59. The Kier molecular flexibility index (Phi) is 5.56. The maximum Gasteiger partial charge on any atom is 0.321 e. The summed E-state index contributed by atoms with van der Waals surface area (Å²) in [6, 6.07) is 7.79. The van der Waals surface area contributed by atoms with Crippen LogP contribution in [0, 0.1) is 0 Å². The van der Waals surface area contributed by atoms with Crippen LogP contribution in [0.15, 0.2) is 30.6 Å². The van der Waals surface area contributed by atoms with Crippen molar-refractivity contribution < 1.29 is 9.53 Å². The van der Waals surface area contributed by atoms with Crippen LogP contribution in [0.5, 0.6) is 5.75 Å². The van der Waals surface area contributed by atoms with Crippen LogP contribution < -0.4 is 15.4 Å². The van der Waals surface area contributed by atoms with E-state index in [0.717, 1.165) is 5.75 Å². The Balaban J connectivity index is 1.63. The molecule has 1 aromatic carbocycles. The van der Waals surface area contributed by atoms with Gasteiger partial charge in [-0.25, -0.2) is 9.89 Å².